The predicted molar refractivity (Wildman–Crippen MR) is 131 cm³/mol. The van der Waals surface area contributed by atoms with Crippen LogP contribution >= 0.6 is 11.6 Å². The maximum atomic E-state index is 12.8. The van der Waals surface area contributed by atoms with Gasteiger partial charge in [0.05, 0.1) is 29.4 Å². The zero-order valence-corrected chi connectivity index (χ0v) is 19.4. The molecule has 0 radical (unpaired) electrons. The van der Waals surface area contributed by atoms with Crippen molar-refractivity contribution >= 4 is 49.8 Å². The Hall–Kier alpha value is -3.53. The second kappa shape index (κ2) is 9.02. The van der Waals surface area contributed by atoms with Crippen LogP contribution in [-0.2, 0) is 14.8 Å². The van der Waals surface area contributed by atoms with Gasteiger partial charge in [0.1, 0.15) is 0 Å². The van der Waals surface area contributed by atoms with Gasteiger partial charge in [0.25, 0.3) is 15.9 Å². The fourth-order valence-corrected chi connectivity index (χ4v) is 5.12. The van der Waals surface area contributed by atoms with Gasteiger partial charge in [-0.3, -0.25) is 9.10 Å². The highest BCUT2D eigenvalue weighted by Gasteiger charge is 2.26. The average molecular weight is 495 g/mol. The number of carbonyl (C=O) groups excluding carboxylic acids is 1. The van der Waals surface area contributed by atoms with Gasteiger partial charge in [0.2, 0.25) is 0 Å². The summed E-state index contributed by atoms with van der Waals surface area (Å²) in [5.41, 5.74) is 2.79. The molecule has 1 N–H and O–H groups in total. The molecule has 5 rings (SSSR count). The van der Waals surface area contributed by atoms with Crippen LogP contribution in [0.5, 0.6) is 0 Å². The summed E-state index contributed by atoms with van der Waals surface area (Å²) < 4.78 is 30.7. The van der Waals surface area contributed by atoms with Crippen molar-refractivity contribution in [3.8, 4) is 11.4 Å². The molecule has 3 aromatic carbocycles. The Morgan fingerprint density at radius 2 is 1.85 bits per heavy atom. The normalized spacial score (nSPS) is 15.3. The van der Waals surface area contributed by atoms with Crippen molar-refractivity contribution in [3.63, 3.8) is 0 Å². The molecule has 1 aliphatic rings. The third kappa shape index (κ3) is 4.45. The largest absolute Gasteiger partial charge is 0.362 e. The molecule has 172 valence electrons. The molecule has 1 fully saturated rings. The maximum Gasteiger partial charge on any atom is 0.259 e. The smallest absolute Gasteiger partial charge is 0.259 e. The van der Waals surface area contributed by atoms with Crippen LogP contribution in [0.1, 0.15) is 10.4 Å². The summed E-state index contributed by atoms with van der Waals surface area (Å²) >= 11 is 6.39. The van der Waals surface area contributed by atoms with Crippen molar-refractivity contribution in [2.45, 2.75) is 0 Å². The number of amides is 1. The lowest BCUT2D eigenvalue weighted by Crippen LogP contribution is -2.41. The molecule has 4 aromatic rings. The van der Waals surface area contributed by atoms with Crippen LogP contribution in [0.3, 0.4) is 0 Å². The lowest BCUT2D eigenvalue weighted by atomic mass is 10.1. The van der Waals surface area contributed by atoms with Gasteiger partial charge in [0.15, 0.2) is 11.8 Å². The molecule has 0 unspecified atom stereocenters. The summed E-state index contributed by atoms with van der Waals surface area (Å²) in [7, 11) is -3.52. The van der Waals surface area contributed by atoms with Crippen LogP contribution in [0.4, 0.5) is 11.4 Å². The van der Waals surface area contributed by atoms with Crippen LogP contribution in [-0.4, -0.2) is 43.4 Å². The van der Waals surface area contributed by atoms with Crippen molar-refractivity contribution in [3.05, 3.63) is 83.5 Å². The van der Waals surface area contributed by atoms with E-state index in [2.05, 4.69) is 15.3 Å². The first-order chi connectivity index (χ1) is 16.4. The van der Waals surface area contributed by atoms with Crippen molar-refractivity contribution < 1.29 is 17.9 Å². The van der Waals surface area contributed by atoms with Gasteiger partial charge in [-0.15, -0.1) is 0 Å². The minimum Gasteiger partial charge on any atom is -0.362 e. The number of aromatic nitrogens is 2. The number of anilines is 2. The van der Waals surface area contributed by atoms with Crippen LogP contribution in [0.25, 0.3) is 22.3 Å². The van der Waals surface area contributed by atoms with Gasteiger partial charge in [-0.2, -0.15) is 0 Å². The van der Waals surface area contributed by atoms with E-state index < -0.39 is 10.0 Å². The van der Waals surface area contributed by atoms with Gasteiger partial charge in [-0.25, -0.2) is 18.4 Å². The summed E-state index contributed by atoms with van der Waals surface area (Å²) in [6, 6.07) is 19.1. The first-order valence-corrected chi connectivity index (χ1v) is 12.4. The van der Waals surface area contributed by atoms with E-state index >= 15 is 0 Å². The van der Waals surface area contributed by atoms with Crippen LogP contribution in [0, 0.1) is 0 Å². The Morgan fingerprint density at radius 1 is 1.06 bits per heavy atom. The predicted octanol–water partition coefficient (Wildman–Crippen LogP) is 4.33. The van der Waals surface area contributed by atoms with E-state index in [1.165, 1.54) is 4.31 Å². The van der Waals surface area contributed by atoms with Crippen molar-refractivity contribution in [1.29, 1.82) is 0 Å². The zero-order chi connectivity index (χ0) is 23.7. The standard InChI is InChI=1S/C24H19ClN4O4S/c25-21-10-7-18(13-20(21)23-26-14-17-3-1-2-4-22(17)28-23)27-24(30)16-5-8-19(9-6-16)29-11-12-33-15-34(29,31)32/h1-10,13-14H,11-12,15H2,(H,27,30). The Balaban J connectivity index is 1.36. The number of rotatable bonds is 4. The topological polar surface area (TPSA) is 101 Å². The summed E-state index contributed by atoms with van der Waals surface area (Å²) in [5.74, 6) is -0.241. The van der Waals surface area contributed by atoms with E-state index in [0.29, 0.717) is 40.0 Å². The summed E-state index contributed by atoms with van der Waals surface area (Å²) in [6.45, 7) is 0.555. The Morgan fingerprint density at radius 3 is 2.65 bits per heavy atom. The molecule has 0 saturated carbocycles. The van der Waals surface area contributed by atoms with Crippen molar-refractivity contribution in [2.75, 3.05) is 28.7 Å². The van der Waals surface area contributed by atoms with Gasteiger partial charge >= 0.3 is 0 Å². The lowest BCUT2D eigenvalue weighted by molar-refractivity contribution is 0.102. The Bertz CT molecular complexity index is 1490. The second-order valence-corrected chi connectivity index (χ2v) is 9.91. The third-order valence-electron chi connectivity index (χ3n) is 5.38. The molecule has 8 nitrogen and oxygen atoms in total. The number of sulfonamides is 1. The SMILES string of the molecule is O=C(Nc1ccc(Cl)c(-c2ncc3ccccc3n2)c1)c1ccc(N2CCOCS2(=O)=O)cc1. The van der Waals surface area contributed by atoms with E-state index in [4.69, 9.17) is 16.3 Å². The fraction of sp³-hybridized carbons (Fsp3) is 0.125. The minimum atomic E-state index is -3.52. The number of benzene rings is 3. The average Bonchev–Trinajstić information content (AvgIpc) is 2.85. The highest BCUT2D eigenvalue weighted by Crippen LogP contribution is 2.29. The van der Waals surface area contributed by atoms with Crippen LogP contribution in [0.15, 0.2) is 72.9 Å². The number of para-hydroxylation sites is 1. The minimum absolute atomic E-state index is 0.234. The summed E-state index contributed by atoms with van der Waals surface area (Å²) in [6.07, 6.45) is 1.73. The number of carbonyl (C=O) groups is 1. The molecule has 0 aliphatic carbocycles. The van der Waals surface area contributed by atoms with Crippen molar-refractivity contribution in [2.24, 2.45) is 0 Å². The first-order valence-electron chi connectivity index (χ1n) is 10.4. The van der Waals surface area contributed by atoms with Crippen LogP contribution in [0.2, 0.25) is 5.02 Å². The number of ether oxygens (including phenoxy) is 1. The maximum absolute atomic E-state index is 12.8. The molecule has 1 aliphatic heterocycles. The fourth-order valence-electron chi connectivity index (χ4n) is 3.66. The summed E-state index contributed by atoms with van der Waals surface area (Å²) in [5, 5.41) is 4.22. The van der Waals surface area contributed by atoms with Gasteiger partial charge in [0, 0.05) is 28.4 Å². The molecule has 0 spiro atoms. The molecule has 0 bridgehead atoms. The molecule has 0 atom stereocenters. The highest BCUT2D eigenvalue weighted by molar-refractivity contribution is 7.92. The Kier molecular flexibility index (Phi) is 5.91. The van der Waals surface area contributed by atoms with E-state index in [1.807, 2.05) is 24.3 Å². The van der Waals surface area contributed by atoms with Gasteiger partial charge in [-0.05, 0) is 48.5 Å². The van der Waals surface area contributed by atoms with Gasteiger partial charge in [-0.1, -0.05) is 29.8 Å². The lowest BCUT2D eigenvalue weighted by Gasteiger charge is -2.28. The molecule has 2 heterocycles. The third-order valence-corrected chi connectivity index (χ3v) is 7.24. The second-order valence-electron chi connectivity index (χ2n) is 7.66. The number of halogens is 1. The van der Waals surface area contributed by atoms with Gasteiger partial charge < -0.3 is 10.1 Å². The van der Waals surface area contributed by atoms with E-state index in [1.54, 1.807) is 48.7 Å². The molecule has 10 heteroatoms. The molecule has 1 saturated heterocycles. The molecule has 1 amide bonds. The molecule has 1 aromatic heterocycles. The highest BCUT2D eigenvalue weighted by atomic mass is 35.5. The van der Waals surface area contributed by atoms with E-state index in [9.17, 15) is 13.2 Å². The molecule has 34 heavy (non-hydrogen) atoms. The number of hydrogen-bond donors (Lipinski definition) is 1. The van der Waals surface area contributed by atoms with E-state index in [0.717, 1.165) is 10.9 Å². The number of nitrogens with zero attached hydrogens (tertiary/aromatic N) is 3. The number of fused-ring (bicyclic) bond motifs is 1. The Labute approximate surface area is 201 Å². The molecular weight excluding hydrogens is 476 g/mol. The monoisotopic (exact) mass is 494 g/mol. The number of hydrogen-bond acceptors (Lipinski definition) is 6. The molecular formula is C24H19ClN4O4S. The first kappa shape index (κ1) is 22.3. The number of nitrogens with one attached hydrogen (secondary N) is 1. The van der Waals surface area contributed by atoms with E-state index in [-0.39, 0.29) is 18.4 Å². The summed E-state index contributed by atoms with van der Waals surface area (Å²) in [4.78, 5) is 21.8. The van der Waals surface area contributed by atoms with Crippen LogP contribution < -0.4 is 9.62 Å². The van der Waals surface area contributed by atoms with Crippen molar-refractivity contribution in [1.82, 2.24) is 9.97 Å². The quantitative estimate of drug-likeness (QED) is 0.453. The zero-order valence-electron chi connectivity index (χ0n) is 17.8.